The van der Waals surface area contributed by atoms with Crippen LogP contribution in [-0.4, -0.2) is 14.2 Å². The van der Waals surface area contributed by atoms with Gasteiger partial charge in [-0.15, -0.1) is 0 Å². The molecule has 4 nitrogen and oxygen atoms in total. The van der Waals surface area contributed by atoms with Gasteiger partial charge in [0.15, 0.2) is 5.78 Å². The summed E-state index contributed by atoms with van der Waals surface area (Å²) in [6.45, 7) is 0. The standard InChI is InChI=1S/C19H15NO3S/c21-19-10-7-14-5-8-16(12-18(14)19)20-24(22,23)17-9-6-13-3-1-2-4-15(13)11-17/h1-6,8-9,11-12,20H,7,10H2. The van der Waals surface area contributed by atoms with Crippen LogP contribution in [-0.2, 0) is 16.4 Å². The molecule has 3 aromatic rings. The van der Waals surface area contributed by atoms with Crippen molar-refractivity contribution in [3.8, 4) is 0 Å². The number of carbonyl (C=O) groups excluding carboxylic acids is 1. The van der Waals surface area contributed by atoms with Crippen molar-refractivity contribution >= 4 is 32.3 Å². The zero-order valence-electron chi connectivity index (χ0n) is 12.8. The third kappa shape index (κ3) is 2.57. The summed E-state index contributed by atoms with van der Waals surface area (Å²) >= 11 is 0. The van der Waals surface area contributed by atoms with Crippen molar-refractivity contribution in [3.63, 3.8) is 0 Å². The number of hydrogen-bond donors (Lipinski definition) is 1. The molecular weight excluding hydrogens is 322 g/mol. The van der Waals surface area contributed by atoms with E-state index in [0.29, 0.717) is 17.7 Å². The number of nitrogens with one attached hydrogen (secondary N) is 1. The van der Waals surface area contributed by atoms with Crippen LogP contribution in [0, 0.1) is 0 Å². The Morgan fingerprint density at radius 3 is 2.46 bits per heavy atom. The number of ketones is 1. The molecule has 5 heteroatoms. The van der Waals surface area contributed by atoms with Crippen LogP contribution in [0.25, 0.3) is 10.8 Å². The predicted molar refractivity (Wildman–Crippen MR) is 93.9 cm³/mol. The Morgan fingerprint density at radius 2 is 1.62 bits per heavy atom. The number of benzene rings is 3. The fourth-order valence-corrected chi connectivity index (χ4v) is 4.13. The van der Waals surface area contributed by atoms with Gasteiger partial charge in [0.1, 0.15) is 0 Å². The van der Waals surface area contributed by atoms with Gasteiger partial charge in [-0.3, -0.25) is 9.52 Å². The summed E-state index contributed by atoms with van der Waals surface area (Å²) in [4.78, 5) is 12.0. The Balaban J connectivity index is 1.70. The first kappa shape index (κ1) is 14.9. The lowest BCUT2D eigenvalue weighted by Crippen LogP contribution is -2.13. The zero-order chi connectivity index (χ0) is 16.7. The Bertz CT molecular complexity index is 1070. The molecule has 0 atom stereocenters. The summed E-state index contributed by atoms with van der Waals surface area (Å²) < 4.78 is 27.8. The lowest BCUT2D eigenvalue weighted by molar-refractivity contribution is 0.0994. The molecule has 0 saturated heterocycles. The van der Waals surface area contributed by atoms with Gasteiger partial charge in [0.05, 0.1) is 4.90 Å². The number of Topliss-reactive ketones (excluding diaryl/α,β-unsaturated/α-hetero) is 1. The summed E-state index contributed by atoms with van der Waals surface area (Å²) in [7, 11) is -3.70. The topological polar surface area (TPSA) is 63.2 Å². The van der Waals surface area contributed by atoms with E-state index in [0.717, 1.165) is 22.8 Å². The molecule has 0 unspecified atom stereocenters. The smallest absolute Gasteiger partial charge is 0.261 e. The van der Waals surface area contributed by atoms with Gasteiger partial charge in [-0.2, -0.15) is 0 Å². The maximum atomic E-state index is 12.6. The second kappa shape index (κ2) is 5.46. The molecule has 0 bridgehead atoms. The van der Waals surface area contributed by atoms with E-state index in [4.69, 9.17) is 0 Å². The number of anilines is 1. The molecule has 1 aliphatic carbocycles. The Morgan fingerprint density at radius 1 is 0.833 bits per heavy atom. The molecule has 3 aromatic carbocycles. The van der Waals surface area contributed by atoms with E-state index in [-0.39, 0.29) is 10.7 Å². The first-order chi connectivity index (χ1) is 11.5. The van der Waals surface area contributed by atoms with Crippen molar-refractivity contribution in [1.82, 2.24) is 0 Å². The summed E-state index contributed by atoms with van der Waals surface area (Å²) in [5, 5.41) is 1.85. The second-order valence-electron chi connectivity index (χ2n) is 5.91. The first-order valence-corrected chi connectivity index (χ1v) is 9.19. The molecular formula is C19H15NO3S. The molecule has 0 spiro atoms. The minimum Gasteiger partial charge on any atom is -0.294 e. The highest BCUT2D eigenvalue weighted by molar-refractivity contribution is 7.92. The normalized spacial score (nSPS) is 13.9. The maximum absolute atomic E-state index is 12.6. The van der Waals surface area contributed by atoms with Crippen molar-refractivity contribution in [1.29, 1.82) is 0 Å². The van der Waals surface area contributed by atoms with E-state index in [1.54, 1.807) is 30.3 Å². The number of fused-ring (bicyclic) bond motifs is 2. The van der Waals surface area contributed by atoms with Gasteiger partial charge in [0, 0.05) is 17.7 Å². The molecule has 0 aliphatic heterocycles. The van der Waals surface area contributed by atoms with E-state index in [1.165, 1.54) is 0 Å². The van der Waals surface area contributed by atoms with Crippen LogP contribution < -0.4 is 4.72 Å². The van der Waals surface area contributed by atoms with Gasteiger partial charge in [-0.1, -0.05) is 36.4 Å². The third-order valence-electron chi connectivity index (χ3n) is 4.32. The van der Waals surface area contributed by atoms with E-state index >= 15 is 0 Å². The van der Waals surface area contributed by atoms with Crippen LogP contribution in [0.1, 0.15) is 22.3 Å². The van der Waals surface area contributed by atoms with Gasteiger partial charge in [0.25, 0.3) is 10.0 Å². The molecule has 24 heavy (non-hydrogen) atoms. The van der Waals surface area contributed by atoms with Crippen molar-refractivity contribution in [2.45, 2.75) is 17.7 Å². The van der Waals surface area contributed by atoms with E-state index in [1.807, 2.05) is 30.3 Å². The van der Waals surface area contributed by atoms with Crippen molar-refractivity contribution < 1.29 is 13.2 Å². The molecule has 0 heterocycles. The van der Waals surface area contributed by atoms with Crippen LogP contribution in [0.4, 0.5) is 5.69 Å². The highest BCUT2D eigenvalue weighted by Gasteiger charge is 2.21. The second-order valence-corrected chi connectivity index (χ2v) is 7.59. The average Bonchev–Trinajstić information content (AvgIpc) is 2.95. The fourth-order valence-electron chi connectivity index (χ4n) is 3.05. The summed E-state index contributed by atoms with van der Waals surface area (Å²) in [5.74, 6) is 0.0664. The lowest BCUT2D eigenvalue weighted by atomic mass is 10.1. The average molecular weight is 337 g/mol. The Hall–Kier alpha value is -2.66. The highest BCUT2D eigenvalue weighted by atomic mass is 32.2. The predicted octanol–water partition coefficient (Wildman–Crippen LogP) is 3.77. The molecule has 0 saturated carbocycles. The summed E-state index contributed by atoms with van der Waals surface area (Å²) in [6.07, 6.45) is 1.22. The van der Waals surface area contributed by atoms with Crippen LogP contribution in [0.5, 0.6) is 0 Å². The number of carbonyl (C=O) groups is 1. The molecule has 0 radical (unpaired) electrons. The molecule has 0 amide bonds. The van der Waals surface area contributed by atoms with Crippen molar-refractivity contribution in [2.24, 2.45) is 0 Å². The summed E-state index contributed by atoms with van der Waals surface area (Å²) in [5.41, 5.74) is 2.01. The molecule has 4 rings (SSSR count). The van der Waals surface area contributed by atoms with Gasteiger partial charge < -0.3 is 0 Å². The third-order valence-corrected chi connectivity index (χ3v) is 5.69. The van der Waals surface area contributed by atoms with Crippen LogP contribution in [0.3, 0.4) is 0 Å². The summed E-state index contributed by atoms with van der Waals surface area (Å²) in [6, 6.07) is 17.8. The van der Waals surface area contributed by atoms with Gasteiger partial charge in [-0.05, 0) is 47.0 Å². The van der Waals surface area contributed by atoms with Gasteiger partial charge in [-0.25, -0.2) is 8.42 Å². The van der Waals surface area contributed by atoms with Gasteiger partial charge in [0.2, 0.25) is 0 Å². The van der Waals surface area contributed by atoms with E-state index in [2.05, 4.69) is 4.72 Å². The number of aryl methyl sites for hydroxylation is 1. The van der Waals surface area contributed by atoms with Crippen LogP contribution >= 0.6 is 0 Å². The number of rotatable bonds is 3. The molecule has 1 N–H and O–H groups in total. The Labute approximate surface area is 140 Å². The zero-order valence-corrected chi connectivity index (χ0v) is 13.6. The fraction of sp³-hybridized carbons (Fsp3) is 0.105. The van der Waals surface area contributed by atoms with Crippen molar-refractivity contribution in [3.05, 3.63) is 71.8 Å². The minimum absolute atomic E-state index is 0.0664. The number of sulfonamides is 1. The highest BCUT2D eigenvalue weighted by Crippen LogP contribution is 2.27. The van der Waals surface area contributed by atoms with Crippen molar-refractivity contribution in [2.75, 3.05) is 4.72 Å². The quantitative estimate of drug-likeness (QED) is 0.791. The first-order valence-electron chi connectivity index (χ1n) is 7.71. The molecule has 0 fully saturated rings. The molecule has 120 valence electrons. The van der Waals surface area contributed by atoms with E-state index < -0.39 is 10.0 Å². The SMILES string of the molecule is O=C1CCc2ccc(NS(=O)(=O)c3ccc4ccccc4c3)cc21. The maximum Gasteiger partial charge on any atom is 0.261 e. The largest absolute Gasteiger partial charge is 0.294 e. The molecule has 1 aliphatic rings. The van der Waals surface area contributed by atoms with Gasteiger partial charge >= 0.3 is 0 Å². The van der Waals surface area contributed by atoms with E-state index in [9.17, 15) is 13.2 Å². The monoisotopic (exact) mass is 337 g/mol. The number of hydrogen-bond acceptors (Lipinski definition) is 3. The van der Waals surface area contributed by atoms with Crippen LogP contribution in [0.15, 0.2) is 65.6 Å². The Kier molecular flexibility index (Phi) is 3.39. The minimum atomic E-state index is -3.70. The lowest BCUT2D eigenvalue weighted by Gasteiger charge is -2.10. The van der Waals surface area contributed by atoms with Crippen LogP contribution in [0.2, 0.25) is 0 Å². The molecule has 0 aromatic heterocycles.